The SMILES string of the molecule is CCN1CCN(c2nc3ccccc3c3c(=O)c4ccc(Cl)cc4sc23)CC1. The summed E-state index contributed by atoms with van der Waals surface area (Å²) in [4.78, 5) is 23.2. The third-order valence-corrected chi connectivity index (χ3v) is 6.96. The smallest absolute Gasteiger partial charge is 0.196 e. The van der Waals surface area contributed by atoms with E-state index in [2.05, 4.69) is 16.7 Å². The van der Waals surface area contributed by atoms with Crippen molar-refractivity contribution < 1.29 is 0 Å². The van der Waals surface area contributed by atoms with Gasteiger partial charge in [-0.1, -0.05) is 36.7 Å². The van der Waals surface area contributed by atoms with Crippen LogP contribution in [0.1, 0.15) is 6.92 Å². The number of aromatic nitrogens is 1. The molecule has 0 saturated carbocycles. The Bertz CT molecular complexity index is 1260. The molecule has 28 heavy (non-hydrogen) atoms. The van der Waals surface area contributed by atoms with Gasteiger partial charge in [-0.3, -0.25) is 4.79 Å². The van der Waals surface area contributed by atoms with Gasteiger partial charge in [0.1, 0.15) is 5.82 Å². The lowest BCUT2D eigenvalue weighted by molar-refractivity contribution is 0.271. The predicted molar refractivity (Wildman–Crippen MR) is 120 cm³/mol. The molecule has 0 radical (unpaired) electrons. The number of anilines is 1. The summed E-state index contributed by atoms with van der Waals surface area (Å²) in [6, 6.07) is 13.5. The van der Waals surface area contributed by atoms with Gasteiger partial charge in [-0.25, -0.2) is 4.98 Å². The molecule has 0 atom stereocenters. The second-order valence-corrected chi connectivity index (χ2v) is 8.64. The van der Waals surface area contributed by atoms with Crippen LogP contribution in [-0.4, -0.2) is 42.6 Å². The summed E-state index contributed by atoms with van der Waals surface area (Å²) in [5.74, 6) is 0.924. The van der Waals surface area contributed by atoms with Crippen molar-refractivity contribution in [1.82, 2.24) is 9.88 Å². The molecule has 1 aliphatic heterocycles. The molecule has 4 nitrogen and oxygen atoms in total. The third kappa shape index (κ3) is 2.85. The highest BCUT2D eigenvalue weighted by Gasteiger charge is 2.22. The Labute approximate surface area is 172 Å². The first-order valence-corrected chi connectivity index (χ1v) is 10.8. The molecular weight excluding hydrogens is 390 g/mol. The van der Waals surface area contributed by atoms with E-state index < -0.39 is 0 Å². The normalized spacial score (nSPS) is 15.7. The highest BCUT2D eigenvalue weighted by molar-refractivity contribution is 7.25. The summed E-state index contributed by atoms with van der Waals surface area (Å²) >= 11 is 7.83. The van der Waals surface area contributed by atoms with Gasteiger partial charge in [-0.2, -0.15) is 0 Å². The van der Waals surface area contributed by atoms with Gasteiger partial charge in [-0.15, -0.1) is 11.3 Å². The van der Waals surface area contributed by atoms with Crippen molar-refractivity contribution in [3.05, 3.63) is 57.7 Å². The van der Waals surface area contributed by atoms with E-state index in [0.717, 1.165) is 69.6 Å². The zero-order valence-corrected chi connectivity index (χ0v) is 17.2. The minimum Gasteiger partial charge on any atom is -0.353 e. The number of pyridine rings is 1. The topological polar surface area (TPSA) is 36.4 Å². The molecule has 6 heteroatoms. The van der Waals surface area contributed by atoms with Crippen LogP contribution in [0, 0.1) is 0 Å². The van der Waals surface area contributed by atoms with Crippen molar-refractivity contribution in [1.29, 1.82) is 0 Å². The van der Waals surface area contributed by atoms with Crippen LogP contribution < -0.4 is 10.3 Å². The van der Waals surface area contributed by atoms with Gasteiger partial charge < -0.3 is 9.80 Å². The Morgan fingerprint density at radius 2 is 1.86 bits per heavy atom. The molecule has 3 heterocycles. The van der Waals surface area contributed by atoms with E-state index in [1.165, 1.54) is 0 Å². The first kappa shape index (κ1) is 17.9. The molecule has 2 aromatic carbocycles. The monoisotopic (exact) mass is 409 g/mol. The highest BCUT2D eigenvalue weighted by Crippen LogP contribution is 2.36. The number of benzene rings is 2. The maximum atomic E-state index is 13.5. The van der Waals surface area contributed by atoms with E-state index in [1.54, 1.807) is 17.4 Å². The molecule has 0 aliphatic carbocycles. The van der Waals surface area contributed by atoms with Crippen molar-refractivity contribution in [2.45, 2.75) is 6.92 Å². The van der Waals surface area contributed by atoms with Crippen LogP contribution in [-0.2, 0) is 0 Å². The summed E-state index contributed by atoms with van der Waals surface area (Å²) in [7, 11) is 0. The van der Waals surface area contributed by atoms with E-state index in [0.29, 0.717) is 5.02 Å². The van der Waals surface area contributed by atoms with Crippen LogP contribution in [0.25, 0.3) is 31.1 Å². The molecule has 1 saturated heterocycles. The second-order valence-electron chi connectivity index (χ2n) is 7.15. The van der Waals surface area contributed by atoms with Gasteiger partial charge in [0.05, 0.1) is 15.6 Å². The van der Waals surface area contributed by atoms with Crippen LogP contribution in [0.2, 0.25) is 5.02 Å². The zero-order chi connectivity index (χ0) is 19.3. The van der Waals surface area contributed by atoms with Crippen molar-refractivity contribution in [3.63, 3.8) is 0 Å². The van der Waals surface area contributed by atoms with Gasteiger partial charge in [0.2, 0.25) is 0 Å². The van der Waals surface area contributed by atoms with Crippen LogP contribution in [0.4, 0.5) is 5.82 Å². The fourth-order valence-electron chi connectivity index (χ4n) is 4.01. The molecule has 0 amide bonds. The number of hydrogen-bond donors (Lipinski definition) is 0. The molecule has 5 rings (SSSR count). The second kappa shape index (κ2) is 6.99. The highest BCUT2D eigenvalue weighted by atomic mass is 35.5. The fourth-order valence-corrected chi connectivity index (χ4v) is 5.49. The first-order valence-electron chi connectivity index (χ1n) is 9.58. The fraction of sp³-hybridized carbons (Fsp3) is 0.273. The number of nitrogens with zero attached hydrogens (tertiary/aromatic N) is 3. The minimum atomic E-state index is 0.0625. The van der Waals surface area contributed by atoms with Gasteiger partial charge in [0.15, 0.2) is 5.43 Å². The molecule has 142 valence electrons. The molecule has 4 aromatic rings. The summed E-state index contributed by atoms with van der Waals surface area (Å²) < 4.78 is 1.87. The van der Waals surface area contributed by atoms with E-state index in [4.69, 9.17) is 16.6 Å². The van der Waals surface area contributed by atoms with Crippen molar-refractivity contribution in [3.8, 4) is 0 Å². The number of fused-ring (bicyclic) bond motifs is 4. The molecule has 0 spiro atoms. The molecular formula is C22H20ClN3OS. The van der Waals surface area contributed by atoms with Crippen LogP contribution in [0.15, 0.2) is 47.3 Å². The number of likely N-dealkylation sites (N-methyl/N-ethyl adjacent to an activating group) is 1. The molecule has 1 fully saturated rings. The lowest BCUT2D eigenvalue weighted by Gasteiger charge is -2.35. The zero-order valence-electron chi connectivity index (χ0n) is 15.6. The van der Waals surface area contributed by atoms with Gasteiger partial charge in [0.25, 0.3) is 0 Å². The third-order valence-electron chi connectivity index (χ3n) is 5.58. The van der Waals surface area contributed by atoms with E-state index in [-0.39, 0.29) is 5.43 Å². The lowest BCUT2D eigenvalue weighted by atomic mass is 10.1. The Morgan fingerprint density at radius 1 is 1.07 bits per heavy atom. The summed E-state index contributed by atoms with van der Waals surface area (Å²) in [5.41, 5.74) is 0.938. The predicted octanol–water partition coefficient (Wildman–Crippen LogP) is 4.76. The Kier molecular flexibility index (Phi) is 4.46. The van der Waals surface area contributed by atoms with Crippen LogP contribution >= 0.6 is 22.9 Å². The largest absolute Gasteiger partial charge is 0.353 e. The maximum absolute atomic E-state index is 13.5. The van der Waals surface area contributed by atoms with Gasteiger partial charge in [-0.05, 0) is 30.8 Å². The molecule has 0 unspecified atom stereocenters. The Balaban J connectivity index is 1.83. The average molecular weight is 410 g/mol. The van der Waals surface area contributed by atoms with Crippen molar-refractivity contribution in [2.24, 2.45) is 0 Å². The van der Waals surface area contributed by atoms with Crippen molar-refractivity contribution in [2.75, 3.05) is 37.6 Å². The first-order chi connectivity index (χ1) is 13.7. The number of hydrogen-bond acceptors (Lipinski definition) is 5. The number of rotatable bonds is 2. The summed E-state index contributed by atoms with van der Waals surface area (Å²) in [6.07, 6.45) is 0. The minimum absolute atomic E-state index is 0.0625. The number of piperazine rings is 1. The van der Waals surface area contributed by atoms with Gasteiger partial charge in [0, 0.05) is 46.7 Å². The molecule has 2 aromatic heterocycles. The molecule has 1 aliphatic rings. The number of para-hydroxylation sites is 1. The summed E-state index contributed by atoms with van der Waals surface area (Å²) in [5, 5.41) is 3.07. The molecule has 0 N–H and O–H groups in total. The molecule has 0 bridgehead atoms. The van der Waals surface area contributed by atoms with Gasteiger partial charge >= 0.3 is 0 Å². The van der Waals surface area contributed by atoms with Crippen molar-refractivity contribution >= 4 is 59.8 Å². The quantitative estimate of drug-likeness (QED) is 0.353. The Hall–Kier alpha value is -2.21. The average Bonchev–Trinajstić information content (AvgIpc) is 2.73. The Morgan fingerprint density at radius 3 is 2.64 bits per heavy atom. The van der Waals surface area contributed by atoms with Crippen LogP contribution in [0.5, 0.6) is 0 Å². The van der Waals surface area contributed by atoms with E-state index >= 15 is 0 Å². The standard InChI is InChI=1S/C22H20ClN3OS/c1-2-25-9-11-26(12-10-25)22-21-19(15-5-3-4-6-17(15)24-22)20(27)16-8-7-14(23)13-18(16)28-21/h3-8,13H,2,9-12H2,1H3. The summed E-state index contributed by atoms with van der Waals surface area (Å²) in [6.45, 7) is 7.13. The van der Waals surface area contributed by atoms with E-state index in [9.17, 15) is 4.79 Å². The van der Waals surface area contributed by atoms with E-state index in [1.807, 2.05) is 36.4 Å². The maximum Gasteiger partial charge on any atom is 0.196 e. The lowest BCUT2D eigenvalue weighted by Crippen LogP contribution is -2.46. The van der Waals surface area contributed by atoms with Crippen LogP contribution in [0.3, 0.4) is 0 Å². The number of halogens is 1.